The third kappa shape index (κ3) is 1.81. The molecule has 0 amide bonds. The van der Waals surface area contributed by atoms with Crippen LogP contribution in [0.5, 0.6) is 0 Å². The molecule has 0 spiro atoms. The highest BCUT2D eigenvalue weighted by Crippen LogP contribution is 2.38. The van der Waals surface area contributed by atoms with Crippen LogP contribution in [0.2, 0.25) is 0 Å². The molecule has 1 N–H and O–H groups in total. The third-order valence-electron chi connectivity index (χ3n) is 2.42. The van der Waals surface area contributed by atoms with Crippen LogP contribution in [-0.4, -0.2) is 16.0 Å². The smallest absolute Gasteiger partial charge is 0.313 e. The van der Waals surface area contributed by atoms with Gasteiger partial charge < -0.3 is 5.11 Å². The molecule has 0 radical (unpaired) electrons. The maximum absolute atomic E-state index is 10.8. The Morgan fingerprint density at radius 3 is 2.33 bits per heavy atom. The van der Waals surface area contributed by atoms with E-state index >= 15 is 0 Å². The van der Waals surface area contributed by atoms with Gasteiger partial charge in [-0.05, 0) is 26.7 Å². The zero-order valence-corrected chi connectivity index (χ0v) is 8.06. The molecule has 3 heteroatoms. The number of aliphatic carboxylic acids is 1. The molecule has 1 aliphatic rings. The third-order valence-corrected chi connectivity index (χ3v) is 2.74. The van der Waals surface area contributed by atoms with Crippen LogP contribution < -0.4 is 0 Å². The number of carbonyl (C=O) groups is 1. The lowest BCUT2D eigenvalue weighted by Crippen LogP contribution is -2.32. The maximum atomic E-state index is 10.8. The normalized spacial score (nSPS) is 41.2. The number of carboxylic acids is 1. The summed E-state index contributed by atoms with van der Waals surface area (Å²) in [6.45, 7) is 3.62. The topological polar surface area (TPSA) is 37.3 Å². The molecule has 0 heterocycles. The number of allylic oxidation sites excluding steroid dienone is 1. The fourth-order valence-corrected chi connectivity index (χ4v) is 1.36. The Balaban J connectivity index is 2.84. The van der Waals surface area contributed by atoms with Gasteiger partial charge in [-0.1, -0.05) is 12.2 Å². The van der Waals surface area contributed by atoms with E-state index in [1.165, 1.54) is 0 Å². The Bertz CT molecular complexity index is 233. The molecule has 0 aromatic heterocycles. The Morgan fingerprint density at radius 1 is 1.42 bits per heavy atom. The van der Waals surface area contributed by atoms with Crippen molar-refractivity contribution in [1.29, 1.82) is 0 Å². The minimum absolute atomic E-state index is 0.352. The van der Waals surface area contributed by atoms with Crippen molar-refractivity contribution in [2.45, 2.75) is 31.6 Å². The molecule has 2 unspecified atom stereocenters. The number of carboxylic acid groups (broad SMARTS) is 1. The molecule has 0 aromatic rings. The lowest BCUT2D eigenvalue weighted by molar-refractivity contribution is -0.145. The molecule has 2 atom stereocenters. The number of hydrogen-bond acceptors (Lipinski definition) is 1. The van der Waals surface area contributed by atoms with Crippen LogP contribution in [0.1, 0.15) is 26.7 Å². The molecule has 1 rings (SSSR count). The lowest BCUT2D eigenvalue weighted by atomic mass is 9.77. The first-order chi connectivity index (χ1) is 5.36. The quantitative estimate of drug-likeness (QED) is 0.507. The summed E-state index contributed by atoms with van der Waals surface area (Å²) in [4.78, 5) is 10.4. The number of halogens is 1. The van der Waals surface area contributed by atoms with Gasteiger partial charge in [-0.25, -0.2) is 0 Å². The van der Waals surface area contributed by atoms with E-state index in [-0.39, 0.29) is 4.87 Å². The molecule has 0 aromatic carbocycles. The van der Waals surface area contributed by atoms with Crippen LogP contribution in [-0.2, 0) is 4.79 Å². The molecule has 0 saturated heterocycles. The summed E-state index contributed by atoms with van der Waals surface area (Å²) in [5, 5.41) is 8.87. The molecule has 1 aliphatic carbocycles. The minimum atomic E-state index is -0.772. The summed E-state index contributed by atoms with van der Waals surface area (Å²) in [7, 11) is 0. The fourth-order valence-electron chi connectivity index (χ4n) is 1.21. The van der Waals surface area contributed by atoms with Crippen molar-refractivity contribution in [3.05, 3.63) is 12.2 Å². The van der Waals surface area contributed by atoms with Crippen LogP contribution in [0.3, 0.4) is 0 Å². The summed E-state index contributed by atoms with van der Waals surface area (Å²) in [5.41, 5.74) is -0.714. The summed E-state index contributed by atoms with van der Waals surface area (Å²) in [6, 6.07) is 0. The van der Waals surface area contributed by atoms with E-state index in [1.807, 2.05) is 6.92 Å². The van der Waals surface area contributed by atoms with Crippen molar-refractivity contribution in [2.24, 2.45) is 5.41 Å². The van der Waals surface area contributed by atoms with E-state index in [1.54, 1.807) is 19.1 Å². The largest absolute Gasteiger partial charge is 0.481 e. The summed E-state index contributed by atoms with van der Waals surface area (Å²) in [6.07, 6.45) is 4.81. The summed E-state index contributed by atoms with van der Waals surface area (Å²) >= 11 is 6.02. The van der Waals surface area contributed by atoms with Gasteiger partial charge in [0.2, 0.25) is 0 Å². The molecule has 0 aliphatic heterocycles. The molecule has 68 valence electrons. The van der Waals surface area contributed by atoms with E-state index in [2.05, 4.69) is 0 Å². The zero-order valence-electron chi connectivity index (χ0n) is 7.30. The van der Waals surface area contributed by atoms with Crippen molar-refractivity contribution in [1.82, 2.24) is 0 Å². The SMILES string of the molecule is CC1(Cl)C=CC(C)(C(=O)O)CC1. The highest BCUT2D eigenvalue weighted by molar-refractivity contribution is 6.25. The Hall–Kier alpha value is -0.500. The van der Waals surface area contributed by atoms with Gasteiger partial charge in [-0.15, -0.1) is 11.6 Å². The Kier molecular flexibility index (Phi) is 2.21. The molecule has 2 nitrogen and oxygen atoms in total. The van der Waals surface area contributed by atoms with Crippen molar-refractivity contribution in [2.75, 3.05) is 0 Å². The number of alkyl halides is 1. The van der Waals surface area contributed by atoms with Crippen molar-refractivity contribution < 1.29 is 9.90 Å². The predicted octanol–water partition coefficient (Wildman–Crippen LogP) is 2.42. The second-order valence-corrected chi connectivity index (χ2v) is 4.70. The standard InChI is InChI=1S/C9H13ClO2/c1-8(7(11)12)3-5-9(2,10)6-4-8/h3,5H,4,6H2,1-2H3,(H,11,12). The molecule has 12 heavy (non-hydrogen) atoms. The first-order valence-electron chi connectivity index (χ1n) is 3.98. The second-order valence-electron chi connectivity index (χ2n) is 3.83. The fraction of sp³-hybridized carbons (Fsp3) is 0.667. The van der Waals surface area contributed by atoms with Crippen LogP contribution in [0, 0.1) is 5.41 Å². The Labute approximate surface area is 77.2 Å². The monoisotopic (exact) mass is 188 g/mol. The van der Waals surface area contributed by atoms with Crippen LogP contribution in [0.4, 0.5) is 0 Å². The molecule has 0 fully saturated rings. The average Bonchev–Trinajstić information content (AvgIpc) is 1.96. The van der Waals surface area contributed by atoms with E-state index in [0.29, 0.717) is 12.8 Å². The van der Waals surface area contributed by atoms with E-state index < -0.39 is 11.4 Å². The second kappa shape index (κ2) is 2.77. The van der Waals surface area contributed by atoms with Crippen molar-refractivity contribution in [3.8, 4) is 0 Å². The predicted molar refractivity (Wildman–Crippen MR) is 48.4 cm³/mol. The lowest BCUT2D eigenvalue weighted by Gasteiger charge is -2.31. The van der Waals surface area contributed by atoms with Gasteiger partial charge in [-0.3, -0.25) is 4.79 Å². The van der Waals surface area contributed by atoms with Crippen molar-refractivity contribution in [3.63, 3.8) is 0 Å². The minimum Gasteiger partial charge on any atom is -0.481 e. The van der Waals surface area contributed by atoms with Crippen molar-refractivity contribution >= 4 is 17.6 Å². The molecular formula is C9H13ClO2. The van der Waals surface area contributed by atoms with Gasteiger partial charge in [0, 0.05) is 0 Å². The molecular weight excluding hydrogens is 176 g/mol. The van der Waals surface area contributed by atoms with Gasteiger partial charge >= 0.3 is 5.97 Å². The average molecular weight is 189 g/mol. The van der Waals surface area contributed by atoms with Crippen LogP contribution in [0.15, 0.2) is 12.2 Å². The van der Waals surface area contributed by atoms with E-state index in [4.69, 9.17) is 16.7 Å². The first kappa shape index (κ1) is 9.59. The van der Waals surface area contributed by atoms with Crippen LogP contribution >= 0.6 is 11.6 Å². The zero-order chi connectivity index (χ0) is 9.41. The molecule has 0 saturated carbocycles. The summed E-state index contributed by atoms with van der Waals surface area (Å²) in [5.74, 6) is -0.772. The maximum Gasteiger partial charge on any atom is 0.313 e. The number of rotatable bonds is 1. The Morgan fingerprint density at radius 2 is 2.00 bits per heavy atom. The number of hydrogen-bond donors (Lipinski definition) is 1. The summed E-state index contributed by atoms with van der Waals surface area (Å²) < 4.78 is 0. The highest BCUT2D eigenvalue weighted by Gasteiger charge is 2.36. The van der Waals surface area contributed by atoms with E-state index in [9.17, 15) is 4.79 Å². The van der Waals surface area contributed by atoms with Gasteiger partial charge in [0.25, 0.3) is 0 Å². The van der Waals surface area contributed by atoms with Gasteiger partial charge in [-0.2, -0.15) is 0 Å². The van der Waals surface area contributed by atoms with Crippen LogP contribution in [0.25, 0.3) is 0 Å². The molecule has 0 bridgehead atoms. The van der Waals surface area contributed by atoms with Gasteiger partial charge in [0.05, 0.1) is 10.3 Å². The van der Waals surface area contributed by atoms with E-state index in [0.717, 1.165) is 0 Å². The van der Waals surface area contributed by atoms with Gasteiger partial charge in [0.15, 0.2) is 0 Å². The van der Waals surface area contributed by atoms with Gasteiger partial charge in [0.1, 0.15) is 0 Å². The first-order valence-corrected chi connectivity index (χ1v) is 4.36. The highest BCUT2D eigenvalue weighted by atomic mass is 35.5.